The number of ether oxygens (including phenoxy) is 1. The Morgan fingerprint density at radius 3 is 2.17 bits per heavy atom. The molecule has 0 saturated heterocycles. The first-order valence-electron chi connectivity index (χ1n) is 5.72. The van der Waals surface area contributed by atoms with Gasteiger partial charge in [0.1, 0.15) is 11.5 Å². The third-order valence-electron chi connectivity index (χ3n) is 2.48. The van der Waals surface area contributed by atoms with Crippen LogP contribution in [0.1, 0.15) is 16.8 Å². The second kappa shape index (κ2) is 6.54. The van der Waals surface area contributed by atoms with Gasteiger partial charge in [0, 0.05) is 16.4 Å². The van der Waals surface area contributed by atoms with Crippen molar-refractivity contribution in [1.82, 2.24) is 0 Å². The largest absolute Gasteiger partial charge is 0.457 e. The average Bonchev–Trinajstić information content (AvgIpc) is 2.41. The van der Waals surface area contributed by atoms with E-state index in [0.717, 1.165) is 21.5 Å². The summed E-state index contributed by atoms with van der Waals surface area (Å²) in [5.41, 5.74) is 0.743. The van der Waals surface area contributed by atoms with Crippen LogP contribution in [0.15, 0.2) is 54.6 Å². The van der Waals surface area contributed by atoms with Crippen molar-refractivity contribution in [2.75, 3.05) is 4.43 Å². The summed E-state index contributed by atoms with van der Waals surface area (Å²) < 4.78 is 6.51. The number of carbonyl (C=O) groups is 1. The lowest BCUT2D eigenvalue weighted by Crippen LogP contribution is -1.98. The summed E-state index contributed by atoms with van der Waals surface area (Å²) in [5.74, 6) is 1.71. The molecule has 0 fully saturated rings. The van der Waals surface area contributed by atoms with Crippen LogP contribution in [0.25, 0.3) is 0 Å². The van der Waals surface area contributed by atoms with E-state index in [-0.39, 0.29) is 5.78 Å². The minimum atomic E-state index is 0.177. The van der Waals surface area contributed by atoms with Gasteiger partial charge in [0.2, 0.25) is 0 Å². The zero-order valence-corrected chi connectivity index (χ0v) is 12.0. The smallest absolute Gasteiger partial charge is 0.163 e. The molecule has 0 aliphatic rings. The van der Waals surface area contributed by atoms with Gasteiger partial charge in [-0.15, -0.1) is 0 Å². The summed E-state index contributed by atoms with van der Waals surface area (Å²) in [7, 11) is 0. The summed E-state index contributed by atoms with van der Waals surface area (Å²) >= 11 is 2.21. The Kier molecular flexibility index (Phi) is 4.75. The van der Waals surface area contributed by atoms with Gasteiger partial charge in [0.15, 0.2) is 5.78 Å². The van der Waals surface area contributed by atoms with Crippen LogP contribution in [-0.4, -0.2) is 10.2 Å². The Morgan fingerprint density at radius 1 is 0.944 bits per heavy atom. The standard InChI is InChI=1S/C15H13IO2/c16-11-10-15(17)12-6-8-14(9-7-12)18-13-4-2-1-3-5-13/h1-9H,10-11H2. The van der Waals surface area contributed by atoms with Crippen molar-refractivity contribution in [2.24, 2.45) is 0 Å². The second-order valence-corrected chi connectivity index (χ2v) is 4.88. The van der Waals surface area contributed by atoms with Crippen molar-refractivity contribution >= 4 is 28.4 Å². The second-order valence-electron chi connectivity index (χ2n) is 3.80. The Hall–Kier alpha value is -1.36. The molecule has 92 valence electrons. The fraction of sp³-hybridized carbons (Fsp3) is 0.133. The molecule has 0 atom stereocenters. The molecular weight excluding hydrogens is 339 g/mol. The van der Waals surface area contributed by atoms with E-state index in [1.165, 1.54) is 0 Å². The summed E-state index contributed by atoms with van der Waals surface area (Å²) in [6.07, 6.45) is 0.583. The Labute approximate surface area is 120 Å². The highest BCUT2D eigenvalue weighted by Gasteiger charge is 2.04. The summed E-state index contributed by atoms with van der Waals surface area (Å²) in [6, 6.07) is 16.9. The molecule has 0 aromatic heterocycles. The molecule has 2 nitrogen and oxygen atoms in total. The highest BCUT2D eigenvalue weighted by Crippen LogP contribution is 2.21. The SMILES string of the molecule is O=C(CCI)c1ccc(Oc2ccccc2)cc1. The van der Waals surface area contributed by atoms with Crippen molar-refractivity contribution in [3.05, 3.63) is 60.2 Å². The van der Waals surface area contributed by atoms with E-state index >= 15 is 0 Å². The number of alkyl halides is 1. The average molecular weight is 352 g/mol. The van der Waals surface area contributed by atoms with Crippen LogP contribution in [0, 0.1) is 0 Å². The number of halogens is 1. The molecule has 0 heterocycles. The van der Waals surface area contributed by atoms with Crippen molar-refractivity contribution < 1.29 is 9.53 Å². The molecule has 0 N–H and O–H groups in total. The van der Waals surface area contributed by atoms with Crippen LogP contribution >= 0.6 is 22.6 Å². The normalized spacial score (nSPS) is 10.1. The van der Waals surface area contributed by atoms with E-state index in [4.69, 9.17) is 4.74 Å². The number of hydrogen-bond donors (Lipinski definition) is 0. The third-order valence-corrected chi connectivity index (χ3v) is 3.02. The maximum absolute atomic E-state index is 11.7. The lowest BCUT2D eigenvalue weighted by atomic mass is 10.1. The van der Waals surface area contributed by atoms with Crippen LogP contribution in [0.5, 0.6) is 11.5 Å². The molecule has 0 unspecified atom stereocenters. The predicted octanol–water partition coefficient (Wildman–Crippen LogP) is 4.49. The maximum Gasteiger partial charge on any atom is 0.163 e. The molecule has 2 rings (SSSR count). The molecule has 18 heavy (non-hydrogen) atoms. The van der Waals surface area contributed by atoms with Gasteiger partial charge in [-0.3, -0.25) is 4.79 Å². The van der Waals surface area contributed by atoms with Gasteiger partial charge >= 0.3 is 0 Å². The highest BCUT2D eigenvalue weighted by molar-refractivity contribution is 14.1. The maximum atomic E-state index is 11.7. The van der Waals surface area contributed by atoms with E-state index in [9.17, 15) is 4.79 Å². The monoisotopic (exact) mass is 352 g/mol. The lowest BCUT2D eigenvalue weighted by Gasteiger charge is -2.06. The van der Waals surface area contributed by atoms with Gasteiger partial charge in [0.05, 0.1) is 0 Å². The number of hydrogen-bond acceptors (Lipinski definition) is 2. The van der Waals surface area contributed by atoms with Gasteiger partial charge in [-0.1, -0.05) is 40.8 Å². The number of carbonyl (C=O) groups excluding carboxylic acids is 1. The van der Waals surface area contributed by atoms with Crippen LogP contribution in [0.4, 0.5) is 0 Å². The first-order valence-corrected chi connectivity index (χ1v) is 7.24. The lowest BCUT2D eigenvalue weighted by molar-refractivity contribution is 0.0990. The summed E-state index contributed by atoms with van der Waals surface area (Å²) in [6.45, 7) is 0. The first kappa shape index (κ1) is 13.1. The fourth-order valence-electron chi connectivity index (χ4n) is 1.56. The van der Waals surface area contributed by atoms with Gasteiger partial charge < -0.3 is 4.74 Å². The Morgan fingerprint density at radius 2 is 1.56 bits per heavy atom. The molecule has 0 amide bonds. The zero-order valence-electron chi connectivity index (χ0n) is 9.80. The molecule has 0 aliphatic heterocycles. The minimum Gasteiger partial charge on any atom is -0.457 e. The number of para-hydroxylation sites is 1. The number of ketones is 1. The molecule has 3 heteroatoms. The quantitative estimate of drug-likeness (QED) is 0.450. The molecule has 0 aliphatic carbocycles. The highest BCUT2D eigenvalue weighted by atomic mass is 127. The van der Waals surface area contributed by atoms with Gasteiger partial charge in [0.25, 0.3) is 0 Å². The molecule has 0 spiro atoms. The molecular formula is C15H13IO2. The Bertz CT molecular complexity index is 506. The first-order chi connectivity index (χ1) is 8.79. The number of Topliss-reactive ketones (excluding diaryl/α,β-unsaturated/α-hetero) is 1. The molecule has 0 saturated carbocycles. The van der Waals surface area contributed by atoms with Crippen molar-refractivity contribution in [1.29, 1.82) is 0 Å². The number of rotatable bonds is 5. The molecule has 0 bridgehead atoms. The number of benzene rings is 2. The molecule has 0 radical (unpaired) electrons. The summed E-state index contributed by atoms with van der Waals surface area (Å²) in [4.78, 5) is 11.7. The molecule has 2 aromatic rings. The van der Waals surface area contributed by atoms with Crippen molar-refractivity contribution in [3.8, 4) is 11.5 Å². The van der Waals surface area contributed by atoms with E-state index in [0.29, 0.717) is 6.42 Å². The summed E-state index contributed by atoms with van der Waals surface area (Å²) in [5, 5.41) is 0. The van der Waals surface area contributed by atoms with Crippen molar-refractivity contribution in [3.63, 3.8) is 0 Å². The van der Waals surface area contributed by atoms with E-state index < -0.39 is 0 Å². The van der Waals surface area contributed by atoms with Crippen molar-refractivity contribution in [2.45, 2.75) is 6.42 Å². The topological polar surface area (TPSA) is 26.3 Å². The van der Waals surface area contributed by atoms with Gasteiger partial charge in [-0.2, -0.15) is 0 Å². The third kappa shape index (κ3) is 3.57. The van der Waals surface area contributed by atoms with Gasteiger partial charge in [-0.05, 0) is 36.4 Å². The van der Waals surface area contributed by atoms with Crippen LogP contribution in [0.2, 0.25) is 0 Å². The van der Waals surface area contributed by atoms with E-state index in [1.807, 2.05) is 54.6 Å². The minimum absolute atomic E-state index is 0.177. The molecule has 2 aromatic carbocycles. The predicted molar refractivity (Wildman–Crippen MR) is 80.8 cm³/mol. The van der Waals surface area contributed by atoms with Crippen LogP contribution < -0.4 is 4.74 Å². The fourth-order valence-corrected chi connectivity index (χ4v) is 2.05. The van der Waals surface area contributed by atoms with Crippen LogP contribution in [0.3, 0.4) is 0 Å². The van der Waals surface area contributed by atoms with Crippen LogP contribution in [-0.2, 0) is 0 Å². The van der Waals surface area contributed by atoms with Gasteiger partial charge in [-0.25, -0.2) is 0 Å². The zero-order chi connectivity index (χ0) is 12.8. The van der Waals surface area contributed by atoms with E-state index in [1.54, 1.807) is 0 Å². The van der Waals surface area contributed by atoms with E-state index in [2.05, 4.69) is 22.6 Å². The Balaban J connectivity index is 2.06.